The van der Waals surface area contributed by atoms with E-state index in [4.69, 9.17) is 5.11 Å². The monoisotopic (exact) mass is 325 g/mol. The molecule has 0 aliphatic carbocycles. The summed E-state index contributed by atoms with van der Waals surface area (Å²) in [5.41, 5.74) is 0. The summed E-state index contributed by atoms with van der Waals surface area (Å²) in [5, 5.41) is 11.3. The first-order valence-electron chi connectivity index (χ1n) is 9.29. The van der Waals surface area contributed by atoms with Gasteiger partial charge >= 0.3 is 5.97 Å². The SMILES string of the molecule is CCCCC/C=C\C/C=C\CCCCCCCC(=O)O.CNC. The molecule has 23 heavy (non-hydrogen) atoms. The molecule has 136 valence electrons. The molecule has 2 N–H and O–H groups in total. The van der Waals surface area contributed by atoms with Crippen LogP contribution in [-0.2, 0) is 4.79 Å². The van der Waals surface area contributed by atoms with Crippen molar-refractivity contribution in [3.8, 4) is 0 Å². The minimum atomic E-state index is -0.671. The molecule has 0 heterocycles. The average Bonchev–Trinajstić information content (AvgIpc) is 2.51. The van der Waals surface area contributed by atoms with Gasteiger partial charge in [-0.1, -0.05) is 63.3 Å². The Bertz CT molecular complexity index is 285. The number of rotatable bonds is 14. The summed E-state index contributed by atoms with van der Waals surface area (Å²) in [4.78, 5) is 10.3. The third kappa shape index (κ3) is 29.5. The molecule has 0 aromatic carbocycles. The summed E-state index contributed by atoms with van der Waals surface area (Å²) in [6.07, 6.45) is 22.3. The summed E-state index contributed by atoms with van der Waals surface area (Å²) in [6.45, 7) is 2.23. The van der Waals surface area contributed by atoms with Crippen molar-refractivity contribution in [2.45, 2.75) is 84.0 Å². The van der Waals surface area contributed by atoms with Gasteiger partial charge in [0.05, 0.1) is 0 Å². The summed E-state index contributed by atoms with van der Waals surface area (Å²) in [7, 11) is 3.75. The van der Waals surface area contributed by atoms with E-state index >= 15 is 0 Å². The zero-order valence-corrected chi connectivity index (χ0v) is 15.7. The normalized spacial score (nSPS) is 10.9. The van der Waals surface area contributed by atoms with Crippen LogP contribution in [0.25, 0.3) is 0 Å². The summed E-state index contributed by atoms with van der Waals surface area (Å²) < 4.78 is 0. The minimum Gasteiger partial charge on any atom is -0.481 e. The molecular weight excluding hydrogens is 286 g/mol. The molecule has 0 spiro atoms. The Balaban J connectivity index is 0. The van der Waals surface area contributed by atoms with Gasteiger partial charge in [0.1, 0.15) is 0 Å². The quantitative estimate of drug-likeness (QED) is 0.317. The first-order chi connectivity index (χ1) is 11.2. The highest BCUT2D eigenvalue weighted by atomic mass is 16.4. The number of allylic oxidation sites excluding steroid dienone is 4. The smallest absolute Gasteiger partial charge is 0.303 e. The fourth-order valence-electron chi connectivity index (χ4n) is 2.09. The zero-order valence-electron chi connectivity index (χ0n) is 15.7. The van der Waals surface area contributed by atoms with Gasteiger partial charge in [-0.05, 0) is 52.6 Å². The summed E-state index contributed by atoms with van der Waals surface area (Å²) in [5.74, 6) is -0.671. The number of carboxylic acid groups (broad SMARTS) is 1. The lowest BCUT2D eigenvalue weighted by atomic mass is 10.1. The largest absolute Gasteiger partial charge is 0.481 e. The van der Waals surface area contributed by atoms with Crippen molar-refractivity contribution in [1.82, 2.24) is 5.32 Å². The molecular formula is C20H39NO2. The molecule has 0 saturated carbocycles. The highest BCUT2D eigenvalue weighted by Crippen LogP contribution is 2.08. The van der Waals surface area contributed by atoms with E-state index in [9.17, 15) is 4.79 Å². The molecule has 3 nitrogen and oxygen atoms in total. The van der Waals surface area contributed by atoms with Crippen molar-refractivity contribution < 1.29 is 9.90 Å². The van der Waals surface area contributed by atoms with Crippen LogP contribution in [0.1, 0.15) is 84.0 Å². The number of carboxylic acids is 1. The molecule has 3 heteroatoms. The van der Waals surface area contributed by atoms with Gasteiger partial charge in [-0.2, -0.15) is 0 Å². The van der Waals surface area contributed by atoms with Gasteiger partial charge in [0.25, 0.3) is 0 Å². The number of hydrogen-bond donors (Lipinski definition) is 2. The van der Waals surface area contributed by atoms with E-state index < -0.39 is 5.97 Å². The lowest BCUT2D eigenvalue weighted by molar-refractivity contribution is -0.137. The third-order valence-corrected chi connectivity index (χ3v) is 3.34. The van der Waals surface area contributed by atoms with E-state index in [2.05, 4.69) is 36.5 Å². The molecule has 0 amide bonds. The highest BCUT2D eigenvalue weighted by molar-refractivity contribution is 5.66. The second-order valence-corrected chi connectivity index (χ2v) is 5.87. The molecule has 0 radical (unpaired) electrons. The van der Waals surface area contributed by atoms with Gasteiger partial charge in [0.15, 0.2) is 0 Å². The van der Waals surface area contributed by atoms with Gasteiger partial charge in [0, 0.05) is 6.42 Å². The molecule has 0 aliphatic heterocycles. The lowest BCUT2D eigenvalue weighted by Crippen LogP contribution is -1.93. The third-order valence-electron chi connectivity index (χ3n) is 3.34. The first kappa shape index (κ1) is 24.2. The van der Waals surface area contributed by atoms with Gasteiger partial charge in [-0.3, -0.25) is 4.79 Å². The molecule has 0 rings (SSSR count). The van der Waals surface area contributed by atoms with E-state index in [1.165, 1.54) is 44.9 Å². The fourth-order valence-corrected chi connectivity index (χ4v) is 2.09. The fraction of sp³-hybridized carbons (Fsp3) is 0.750. The first-order valence-corrected chi connectivity index (χ1v) is 9.29. The lowest BCUT2D eigenvalue weighted by Gasteiger charge is -1.98. The Morgan fingerprint density at radius 3 is 1.83 bits per heavy atom. The van der Waals surface area contributed by atoms with Crippen molar-refractivity contribution in [2.24, 2.45) is 0 Å². The van der Waals surface area contributed by atoms with E-state index in [-0.39, 0.29) is 0 Å². The topological polar surface area (TPSA) is 49.3 Å². The number of unbranched alkanes of at least 4 members (excludes halogenated alkanes) is 8. The molecule has 0 unspecified atom stereocenters. The van der Waals surface area contributed by atoms with Crippen LogP contribution >= 0.6 is 0 Å². The van der Waals surface area contributed by atoms with Crippen molar-refractivity contribution in [2.75, 3.05) is 14.1 Å². The minimum absolute atomic E-state index is 0.324. The molecule has 0 fully saturated rings. The Labute approximate surface area is 144 Å². The van der Waals surface area contributed by atoms with Crippen LogP contribution in [-0.4, -0.2) is 25.2 Å². The Morgan fingerprint density at radius 1 is 0.826 bits per heavy atom. The Kier molecular flexibility index (Phi) is 24.4. The van der Waals surface area contributed by atoms with E-state index in [1.807, 2.05) is 14.1 Å². The van der Waals surface area contributed by atoms with Crippen molar-refractivity contribution in [3.63, 3.8) is 0 Å². The number of carbonyl (C=O) groups is 1. The van der Waals surface area contributed by atoms with E-state index in [0.717, 1.165) is 25.7 Å². The molecule has 0 atom stereocenters. The van der Waals surface area contributed by atoms with Crippen LogP contribution in [0.3, 0.4) is 0 Å². The number of hydrogen-bond acceptors (Lipinski definition) is 2. The Morgan fingerprint density at radius 2 is 1.30 bits per heavy atom. The van der Waals surface area contributed by atoms with Gasteiger partial charge in [-0.25, -0.2) is 0 Å². The summed E-state index contributed by atoms with van der Waals surface area (Å²) in [6, 6.07) is 0. The van der Waals surface area contributed by atoms with E-state index in [1.54, 1.807) is 0 Å². The van der Waals surface area contributed by atoms with Crippen LogP contribution in [0, 0.1) is 0 Å². The van der Waals surface area contributed by atoms with Gasteiger partial charge in [-0.15, -0.1) is 0 Å². The van der Waals surface area contributed by atoms with Gasteiger partial charge < -0.3 is 10.4 Å². The molecule has 0 aromatic heterocycles. The molecule has 0 bridgehead atoms. The molecule has 0 saturated heterocycles. The molecule has 0 aromatic rings. The van der Waals surface area contributed by atoms with Crippen molar-refractivity contribution in [3.05, 3.63) is 24.3 Å². The maximum absolute atomic E-state index is 10.3. The maximum atomic E-state index is 10.3. The van der Waals surface area contributed by atoms with Crippen LogP contribution in [0.4, 0.5) is 0 Å². The van der Waals surface area contributed by atoms with Crippen LogP contribution in [0.15, 0.2) is 24.3 Å². The van der Waals surface area contributed by atoms with Crippen LogP contribution < -0.4 is 5.32 Å². The number of aliphatic carboxylic acids is 1. The predicted molar refractivity (Wildman–Crippen MR) is 102 cm³/mol. The standard InChI is InChI=1S/C18H32O2.C2H7N/c1-2-3-4-5-6-7-8-9-10-11-12-13-14-15-16-17-18(19)20;1-3-2/h6-7,9-10H,2-5,8,11-17H2,1H3,(H,19,20);3H,1-2H3/b7-6-,10-9-;. The van der Waals surface area contributed by atoms with Crippen LogP contribution in [0.5, 0.6) is 0 Å². The predicted octanol–water partition coefficient (Wildman–Crippen LogP) is 5.72. The summed E-state index contributed by atoms with van der Waals surface area (Å²) >= 11 is 0. The van der Waals surface area contributed by atoms with E-state index in [0.29, 0.717) is 6.42 Å². The van der Waals surface area contributed by atoms with Crippen molar-refractivity contribution >= 4 is 5.97 Å². The number of nitrogens with one attached hydrogen (secondary N) is 1. The highest BCUT2D eigenvalue weighted by Gasteiger charge is 1.95. The van der Waals surface area contributed by atoms with Crippen molar-refractivity contribution in [1.29, 1.82) is 0 Å². The zero-order chi connectivity index (χ0) is 17.6. The van der Waals surface area contributed by atoms with Gasteiger partial charge in [0.2, 0.25) is 0 Å². The second kappa shape index (κ2) is 23.2. The second-order valence-electron chi connectivity index (χ2n) is 5.87. The molecule has 0 aliphatic rings. The maximum Gasteiger partial charge on any atom is 0.303 e. The van der Waals surface area contributed by atoms with Crippen LogP contribution in [0.2, 0.25) is 0 Å². The average molecular weight is 326 g/mol. The Hall–Kier alpha value is -1.09.